The van der Waals surface area contributed by atoms with Crippen LogP contribution < -0.4 is 0 Å². The highest BCUT2D eigenvalue weighted by molar-refractivity contribution is 5.73. The molecule has 120 valence electrons. The van der Waals surface area contributed by atoms with Crippen molar-refractivity contribution in [3.63, 3.8) is 0 Å². The highest BCUT2D eigenvalue weighted by atomic mass is 19.1. The summed E-state index contributed by atoms with van der Waals surface area (Å²) in [6.45, 7) is 5.57. The molecule has 1 aliphatic heterocycles. The van der Waals surface area contributed by atoms with Crippen LogP contribution in [0, 0.1) is 5.82 Å². The highest BCUT2D eigenvalue weighted by Gasteiger charge is 2.35. The first-order chi connectivity index (χ1) is 10.2. The van der Waals surface area contributed by atoms with E-state index in [0.29, 0.717) is 18.5 Å². The third-order valence-electron chi connectivity index (χ3n) is 3.46. The van der Waals surface area contributed by atoms with Crippen LogP contribution in [0.5, 0.6) is 0 Å². The van der Waals surface area contributed by atoms with Gasteiger partial charge in [0.25, 0.3) is 0 Å². The second kappa shape index (κ2) is 5.94. The number of carbonyl (C=O) groups is 2. The zero-order chi connectivity index (χ0) is 16.5. The molecule has 5 nitrogen and oxygen atoms in total. The maximum atomic E-state index is 13.3. The van der Waals surface area contributed by atoms with E-state index in [1.807, 2.05) is 0 Å². The van der Waals surface area contributed by atoms with Crippen LogP contribution in [0.3, 0.4) is 0 Å². The third-order valence-corrected chi connectivity index (χ3v) is 3.46. The Kier molecular flexibility index (Phi) is 4.39. The van der Waals surface area contributed by atoms with Gasteiger partial charge in [0, 0.05) is 6.54 Å². The number of rotatable bonds is 2. The minimum absolute atomic E-state index is 0.238. The molecule has 6 heteroatoms. The van der Waals surface area contributed by atoms with Gasteiger partial charge < -0.3 is 14.7 Å². The summed E-state index contributed by atoms with van der Waals surface area (Å²) in [4.78, 5) is 24.9. The smallest absolute Gasteiger partial charge is 0.410 e. The lowest BCUT2D eigenvalue weighted by molar-refractivity contribution is -0.138. The summed E-state index contributed by atoms with van der Waals surface area (Å²) < 4.78 is 18.7. The van der Waals surface area contributed by atoms with Crippen molar-refractivity contribution in [1.29, 1.82) is 0 Å². The maximum absolute atomic E-state index is 13.3. The number of aliphatic carboxylic acids is 1. The summed E-state index contributed by atoms with van der Waals surface area (Å²) >= 11 is 0. The molecule has 0 saturated heterocycles. The van der Waals surface area contributed by atoms with E-state index in [9.17, 15) is 14.0 Å². The van der Waals surface area contributed by atoms with Crippen LogP contribution in [-0.2, 0) is 16.0 Å². The summed E-state index contributed by atoms with van der Waals surface area (Å²) in [5.74, 6) is -1.38. The fourth-order valence-electron chi connectivity index (χ4n) is 2.61. The number of hydrogen-bond donors (Lipinski definition) is 1. The van der Waals surface area contributed by atoms with Gasteiger partial charge in [-0.1, -0.05) is 6.07 Å². The van der Waals surface area contributed by atoms with Crippen molar-refractivity contribution in [3.05, 3.63) is 35.1 Å². The number of benzene rings is 1. The average molecular weight is 309 g/mol. The largest absolute Gasteiger partial charge is 0.481 e. The Balaban J connectivity index is 2.33. The third kappa shape index (κ3) is 3.75. The first kappa shape index (κ1) is 16.3. The number of carboxylic acids is 1. The molecule has 0 spiro atoms. The Morgan fingerprint density at radius 1 is 1.41 bits per heavy atom. The lowest BCUT2D eigenvalue weighted by atomic mass is 9.91. The number of hydrogen-bond acceptors (Lipinski definition) is 3. The monoisotopic (exact) mass is 309 g/mol. The van der Waals surface area contributed by atoms with Crippen LogP contribution in [-0.4, -0.2) is 34.2 Å². The summed E-state index contributed by atoms with van der Waals surface area (Å²) in [6.07, 6.45) is -0.311. The standard InChI is InChI=1S/C16H20FNO4/c1-16(2,3)22-15(21)18-7-6-10-8-11(17)4-5-12(10)13(18)9-14(19)20/h4-5,8,13H,6-7,9H2,1-3H3,(H,19,20). The van der Waals surface area contributed by atoms with Gasteiger partial charge in [-0.25, -0.2) is 9.18 Å². The van der Waals surface area contributed by atoms with Gasteiger partial charge in [0.2, 0.25) is 0 Å². The predicted molar refractivity (Wildman–Crippen MR) is 78.0 cm³/mol. The summed E-state index contributed by atoms with van der Waals surface area (Å²) in [6, 6.07) is 3.59. The summed E-state index contributed by atoms with van der Waals surface area (Å²) in [7, 11) is 0. The first-order valence-corrected chi connectivity index (χ1v) is 7.17. The normalized spacial score (nSPS) is 17.8. The fourth-order valence-corrected chi connectivity index (χ4v) is 2.61. The first-order valence-electron chi connectivity index (χ1n) is 7.17. The molecule has 1 aromatic carbocycles. The van der Waals surface area contributed by atoms with Gasteiger partial charge in [-0.3, -0.25) is 4.79 Å². The van der Waals surface area contributed by atoms with Crippen LogP contribution >= 0.6 is 0 Å². The van der Waals surface area contributed by atoms with Crippen LogP contribution in [0.25, 0.3) is 0 Å². The Labute approximate surface area is 128 Å². The molecule has 1 aromatic rings. The Morgan fingerprint density at radius 2 is 2.09 bits per heavy atom. The van der Waals surface area contributed by atoms with Gasteiger partial charge in [0.15, 0.2) is 0 Å². The Bertz CT molecular complexity index is 594. The number of amides is 1. The molecule has 0 radical (unpaired) electrons. The number of carbonyl (C=O) groups excluding carboxylic acids is 1. The number of ether oxygens (including phenoxy) is 1. The molecular formula is C16H20FNO4. The summed E-state index contributed by atoms with van der Waals surface area (Å²) in [5.41, 5.74) is 0.750. The molecule has 0 saturated carbocycles. The van der Waals surface area contributed by atoms with Crippen molar-refractivity contribution >= 4 is 12.1 Å². The van der Waals surface area contributed by atoms with E-state index in [-0.39, 0.29) is 12.2 Å². The van der Waals surface area contributed by atoms with E-state index < -0.39 is 23.7 Å². The average Bonchev–Trinajstić information content (AvgIpc) is 2.35. The quantitative estimate of drug-likeness (QED) is 0.911. The molecule has 1 heterocycles. The van der Waals surface area contributed by atoms with Gasteiger partial charge in [0.05, 0.1) is 12.5 Å². The number of nitrogens with zero attached hydrogens (tertiary/aromatic N) is 1. The molecule has 1 aliphatic rings. The van der Waals surface area contributed by atoms with E-state index >= 15 is 0 Å². The van der Waals surface area contributed by atoms with E-state index in [1.165, 1.54) is 17.0 Å². The van der Waals surface area contributed by atoms with Gasteiger partial charge in [0.1, 0.15) is 11.4 Å². The Hall–Kier alpha value is -2.11. The van der Waals surface area contributed by atoms with E-state index in [0.717, 1.165) is 5.56 Å². The van der Waals surface area contributed by atoms with Crippen molar-refractivity contribution in [2.45, 2.75) is 45.3 Å². The van der Waals surface area contributed by atoms with Crippen molar-refractivity contribution < 1.29 is 23.8 Å². The lowest BCUT2D eigenvalue weighted by Gasteiger charge is -2.37. The molecule has 1 N–H and O–H groups in total. The molecule has 0 aromatic heterocycles. The van der Waals surface area contributed by atoms with Crippen molar-refractivity contribution in [2.75, 3.05) is 6.54 Å². The number of fused-ring (bicyclic) bond motifs is 1. The molecule has 0 aliphatic carbocycles. The second-order valence-corrected chi connectivity index (χ2v) is 6.38. The zero-order valence-corrected chi connectivity index (χ0v) is 12.9. The topological polar surface area (TPSA) is 66.8 Å². The van der Waals surface area contributed by atoms with E-state index in [1.54, 1.807) is 26.8 Å². The minimum atomic E-state index is -1.02. The van der Waals surface area contributed by atoms with Gasteiger partial charge in [-0.2, -0.15) is 0 Å². The van der Waals surface area contributed by atoms with E-state index in [2.05, 4.69) is 0 Å². The van der Waals surface area contributed by atoms with Gasteiger partial charge >= 0.3 is 12.1 Å². The second-order valence-electron chi connectivity index (χ2n) is 6.38. The van der Waals surface area contributed by atoms with Crippen LogP contribution in [0.1, 0.15) is 44.4 Å². The van der Waals surface area contributed by atoms with Crippen molar-refractivity contribution in [1.82, 2.24) is 4.90 Å². The lowest BCUT2D eigenvalue weighted by Crippen LogP contribution is -2.43. The molecule has 0 bridgehead atoms. The van der Waals surface area contributed by atoms with Crippen LogP contribution in [0.4, 0.5) is 9.18 Å². The fraction of sp³-hybridized carbons (Fsp3) is 0.500. The van der Waals surface area contributed by atoms with Crippen molar-refractivity contribution in [3.8, 4) is 0 Å². The molecule has 1 unspecified atom stereocenters. The maximum Gasteiger partial charge on any atom is 0.410 e. The van der Waals surface area contributed by atoms with Crippen molar-refractivity contribution in [2.24, 2.45) is 0 Å². The minimum Gasteiger partial charge on any atom is -0.481 e. The molecule has 1 atom stereocenters. The van der Waals surface area contributed by atoms with Gasteiger partial charge in [-0.05, 0) is 50.5 Å². The van der Waals surface area contributed by atoms with E-state index in [4.69, 9.17) is 9.84 Å². The molecular weight excluding hydrogens is 289 g/mol. The summed E-state index contributed by atoms with van der Waals surface area (Å²) in [5, 5.41) is 9.13. The Morgan fingerprint density at radius 3 is 2.68 bits per heavy atom. The highest BCUT2D eigenvalue weighted by Crippen LogP contribution is 2.33. The SMILES string of the molecule is CC(C)(C)OC(=O)N1CCc2cc(F)ccc2C1CC(=O)O. The number of carboxylic acid groups (broad SMARTS) is 1. The van der Waals surface area contributed by atoms with Crippen LogP contribution in [0.15, 0.2) is 18.2 Å². The number of halogens is 1. The van der Waals surface area contributed by atoms with Crippen LogP contribution in [0.2, 0.25) is 0 Å². The van der Waals surface area contributed by atoms with Gasteiger partial charge in [-0.15, -0.1) is 0 Å². The molecule has 0 fully saturated rings. The molecule has 22 heavy (non-hydrogen) atoms. The molecule has 1 amide bonds. The molecule has 2 rings (SSSR count). The zero-order valence-electron chi connectivity index (χ0n) is 12.9. The predicted octanol–water partition coefficient (Wildman–Crippen LogP) is 3.13.